The van der Waals surface area contributed by atoms with Gasteiger partial charge < -0.3 is 38.5 Å². The molecule has 1 heterocycles. The molecule has 0 spiro atoms. The van der Waals surface area contributed by atoms with E-state index in [1.165, 1.54) is 0 Å². The van der Waals surface area contributed by atoms with Gasteiger partial charge in [0.2, 0.25) is 5.91 Å². The van der Waals surface area contributed by atoms with Crippen LogP contribution in [0, 0.1) is 10.1 Å². The van der Waals surface area contributed by atoms with Crippen LogP contribution in [0.25, 0.3) is 0 Å². The fourth-order valence-corrected chi connectivity index (χ4v) is 4.33. The first-order valence-corrected chi connectivity index (χ1v) is 12.7. The molecule has 6 atom stereocenters. The molecule has 2 rings (SSSR count). The van der Waals surface area contributed by atoms with Crippen molar-refractivity contribution in [2.45, 2.75) is 77.3 Å². The minimum Gasteiger partial charge on any atom is -0.464 e. The van der Waals surface area contributed by atoms with Gasteiger partial charge in [-0.2, -0.15) is 0 Å². The minimum absolute atomic E-state index is 0.130. The second-order valence-electron chi connectivity index (χ2n) is 9.28. The molecule has 1 aromatic carbocycles. The number of esters is 5. The number of methoxy groups -OCH3 is 1. The third-order valence-corrected chi connectivity index (χ3v) is 5.83. The molecule has 1 aliphatic heterocycles. The molecule has 0 saturated carbocycles. The van der Waals surface area contributed by atoms with E-state index < -0.39 is 89.9 Å². The number of nitrogens with zero attached hydrogens (tertiary/aromatic N) is 1. The van der Waals surface area contributed by atoms with Crippen molar-refractivity contribution in [2.24, 2.45) is 0 Å². The van der Waals surface area contributed by atoms with Gasteiger partial charge >= 0.3 is 35.6 Å². The Morgan fingerprint density at radius 3 is 2.05 bits per heavy atom. The highest BCUT2D eigenvalue weighted by atomic mass is 16.7. The Kier molecular flexibility index (Phi) is 11.9. The average molecular weight is 613 g/mol. The van der Waals surface area contributed by atoms with Crippen LogP contribution in [0.4, 0.5) is 5.69 Å². The molecule has 1 fully saturated rings. The Morgan fingerprint density at radius 2 is 1.58 bits per heavy atom. The zero-order valence-corrected chi connectivity index (χ0v) is 24.2. The van der Waals surface area contributed by atoms with Gasteiger partial charge in [0.1, 0.15) is 24.6 Å². The summed E-state index contributed by atoms with van der Waals surface area (Å²) in [4.78, 5) is 84.1. The summed E-state index contributed by atoms with van der Waals surface area (Å²) < 4.78 is 38.1. The standard InChI is InChI=1S/C26H32N2O15/c1-13(29)27-22-20(39-15(3)31)11-26(25(34)37-6,42-19-9-7-18(8-10-19)28(35)36)43-24(22)23(41-17(5)33)21(40-16(4)32)12-38-14(2)30/h7-10,20-24H,11-12H2,1-6H3,(H,27,29)/t20-,21+,22+,23+,24+,26?/m0/s1. The fourth-order valence-electron chi connectivity index (χ4n) is 4.33. The number of ether oxygens (including phenoxy) is 7. The van der Waals surface area contributed by atoms with Gasteiger partial charge in [0, 0.05) is 46.8 Å². The molecule has 1 unspecified atom stereocenters. The van der Waals surface area contributed by atoms with Crippen molar-refractivity contribution in [1.82, 2.24) is 5.32 Å². The first-order valence-electron chi connectivity index (χ1n) is 12.7. The van der Waals surface area contributed by atoms with Crippen molar-refractivity contribution in [1.29, 1.82) is 0 Å². The molecule has 0 radical (unpaired) electrons. The second kappa shape index (κ2) is 14.9. The van der Waals surface area contributed by atoms with E-state index in [9.17, 15) is 38.9 Å². The highest BCUT2D eigenvalue weighted by Crippen LogP contribution is 2.38. The van der Waals surface area contributed by atoms with Gasteiger partial charge in [-0.1, -0.05) is 0 Å². The summed E-state index contributed by atoms with van der Waals surface area (Å²) in [6, 6.07) is 3.12. The van der Waals surface area contributed by atoms with Crippen molar-refractivity contribution in [2.75, 3.05) is 13.7 Å². The van der Waals surface area contributed by atoms with Crippen LogP contribution in [0.2, 0.25) is 0 Å². The molecule has 43 heavy (non-hydrogen) atoms. The number of nitrogens with one attached hydrogen (secondary N) is 1. The van der Waals surface area contributed by atoms with Gasteiger partial charge in [-0.25, -0.2) is 4.79 Å². The van der Waals surface area contributed by atoms with Crippen molar-refractivity contribution in [3.8, 4) is 5.75 Å². The number of carbonyl (C=O) groups excluding carboxylic acids is 6. The zero-order chi connectivity index (χ0) is 32.5. The molecule has 0 bridgehead atoms. The number of hydrogen-bond acceptors (Lipinski definition) is 15. The number of benzene rings is 1. The summed E-state index contributed by atoms with van der Waals surface area (Å²) in [5.74, 6) is -7.94. The molecule has 1 amide bonds. The van der Waals surface area contributed by atoms with Gasteiger partial charge in [0.05, 0.1) is 24.5 Å². The monoisotopic (exact) mass is 612 g/mol. The third-order valence-electron chi connectivity index (χ3n) is 5.83. The topological polar surface area (TPSA) is 222 Å². The van der Waals surface area contributed by atoms with Crippen molar-refractivity contribution >= 4 is 41.4 Å². The van der Waals surface area contributed by atoms with Crippen LogP contribution in [0.15, 0.2) is 24.3 Å². The summed E-state index contributed by atoms with van der Waals surface area (Å²) in [5, 5.41) is 13.6. The predicted octanol–water partition coefficient (Wildman–Crippen LogP) is 0.495. The zero-order valence-electron chi connectivity index (χ0n) is 24.2. The Morgan fingerprint density at radius 1 is 0.977 bits per heavy atom. The van der Waals surface area contributed by atoms with Crippen molar-refractivity contribution < 1.29 is 66.8 Å². The fraction of sp³-hybridized carbons (Fsp3) is 0.538. The lowest BCUT2D eigenvalue weighted by molar-refractivity contribution is -0.384. The smallest absolute Gasteiger partial charge is 0.379 e. The van der Waals surface area contributed by atoms with E-state index in [2.05, 4.69) is 5.32 Å². The Balaban J connectivity index is 2.78. The summed E-state index contributed by atoms with van der Waals surface area (Å²) in [5.41, 5.74) is -0.296. The summed E-state index contributed by atoms with van der Waals surface area (Å²) in [7, 11) is 0.994. The molecule has 17 nitrogen and oxygen atoms in total. The molecule has 1 N–H and O–H groups in total. The van der Waals surface area contributed by atoms with Crippen LogP contribution in [-0.4, -0.2) is 90.6 Å². The highest BCUT2D eigenvalue weighted by molar-refractivity contribution is 5.79. The van der Waals surface area contributed by atoms with E-state index in [4.69, 9.17) is 33.2 Å². The number of rotatable bonds is 12. The van der Waals surface area contributed by atoms with Gasteiger partial charge in [-0.05, 0) is 12.1 Å². The van der Waals surface area contributed by atoms with Crippen LogP contribution < -0.4 is 10.1 Å². The molecule has 17 heteroatoms. The molecular weight excluding hydrogens is 580 g/mol. The van der Waals surface area contributed by atoms with Crippen LogP contribution in [0.3, 0.4) is 0 Å². The number of carbonyl (C=O) groups is 6. The first kappa shape index (κ1) is 34.4. The van der Waals surface area contributed by atoms with E-state index in [0.29, 0.717) is 0 Å². The number of nitro groups is 1. The van der Waals surface area contributed by atoms with Crippen LogP contribution in [0.1, 0.15) is 41.0 Å². The number of nitro benzene ring substituents is 1. The summed E-state index contributed by atoms with van der Waals surface area (Å²) in [6.45, 7) is 4.62. The van der Waals surface area contributed by atoms with E-state index in [1.807, 2.05) is 0 Å². The maximum Gasteiger partial charge on any atom is 0.379 e. The summed E-state index contributed by atoms with van der Waals surface area (Å²) >= 11 is 0. The number of amides is 1. The molecule has 236 valence electrons. The third kappa shape index (κ3) is 9.63. The Bertz CT molecular complexity index is 1230. The molecular formula is C26H32N2O15. The lowest BCUT2D eigenvalue weighted by Gasteiger charge is -2.48. The first-order chi connectivity index (χ1) is 20.1. The SMILES string of the molecule is COC(=O)C1(Oc2ccc([N+](=O)[O-])cc2)C[C@H](OC(C)=O)[C@@H](NC(C)=O)[C@H]([C@H](OC(C)=O)[C@@H](COC(C)=O)OC(C)=O)O1. The van der Waals surface area contributed by atoms with Crippen LogP contribution >= 0.6 is 0 Å². The van der Waals surface area contributed by atoms with E-state index in [1.54, 1.807) is 0 Å². The quantitative estimate of drug-likeness (QED) is 0.147. The second-order valence-corrected chi connectivity index (χ2v) is 9.28. The van der Waals surface area contributed by atoms with Gasteiger partial charge in [0.25, 0.3) is 5.69 Å². The van der Waals surface area contributed by atoms with Gasteiger partial charge in [0.15, 0.2) is 12.2 Å². The van der Waals surface area contributed by atoms with Crippen LogP contribution in [-0.2, 0) is 57.2 Å². The molecule has 0 aromatic heterocycles. The lowest BCUT2D eigenvalue weighted by atomic mass is 9.88. The number of non-ortho nitro benzene ring substituents is 1. The molecule has 1 aliphatic rings. The van der Waals surface area contributed by atoms with Crippen molar-refractivity contribution in [3.63, 3.8) is 0 Å². The normalized spacial score (nSPS) is 22.5. The highest BCUT2D eigenvalue weighted by Gasteiger charge is 2.60. The van der Waals surface area contributed by atoms with Crippen molar-refractivity contribution in [3.05, 3.63) is 34.4 Å². The lowest BCUT2D eigenvalue weighted by Crippen LogP contribution is -2.70. The molecule has 1 aromatic rings. The summed E-state index contributed by atoms with van der Waals surface area (Å²) in [6.07, 6.45) is -7.03. The number of hydrogen-bond donors (Lipinski definition) is 1. The van der Waals surface area contributed by atoms with Gasteiger partial charge in [-0.15, -0.1) is 0 Å². The van der Waals surface area contributed by atoms with Gasteiger partial charge in [-0.3, -0.25) is 34.1 Å². The average Bonchev–Trinajstić information content (AvgIpc) is 2.90. The Labute approximate surface area is 245 Å². The van der Waals surface area contributed by atoms with E-state index in [0.717, 1.165) is 66.0 Å². The van der Waals surface area contributed by atoms with E-state index in [-0.39, 0.29) is 11.4 Å². The van der Waals surface area contributed by atoms with Crippen LogP contribution in [0.5, 0.6) is 5.75 Å². The molecule has 0 aliphatic carbocycles. The van der Waals surface area contributed by atoms with E-state index >= 15 is 0 Å². The minimum atomic E-state index is -2.49. The molecule has 1 saturated heterocycles. The maximum atomic E-state index is 13.3. The largest absolute Gasteiger partial charge is 0.464 e. The Hall–Kier alpha value is -4.80. The predicted molar refractivity (Wildman–Crippen MR) is 139 cm³/mol. The maximum absolute atomic E-state index is 13.3.